The van der Waals surface area contributed by atoms with Crippen LogP contribution in [0.4, 0.5) is 5.82 Å². The topological polar surface area (TPSA) is 90.6 Å². The number of aryl methyl sites for hydroxylation is 2. The maximum atomic E-state index is 11.5. The first-order valence-electron chi connectivity index (χ1n) is 8.12. The second kappa shape index (κ2) is 6.92. The van der Waals surface area contributed by atoms with E-state index >= 15 is 0 Å². The van der Waals surface area contributed by atoms with Crippen molar-refractivity contribution in [3.8, 4) is 5.88 Å². The summed E-state index contributed by atoms with van der Waals surface area (Å²) in [5, 5.41) is 3.05. The summed E-state index contributed by atoms with van der Waals surface area (Å²) in [5.41, 5.74) is 3.01. The predicted molar refractivity (Wildman–Crippen MR) is 94.1 cm³/mol. The average molecular weight is 343 g/mol. The van der Waals surface area contributed by atoms with Gasteiger partial charge in [0.25, 0.3) is 0 Å². The number of imidazole rings is 1. The molecule has 0 radical (unpaired) electrons. The number of aromatic nitrogens is 4. The van der Waals surface area contributed by atoms with Gasteiger partial charge < -0.3 is 14.8 Å². The zero-order valence-corrected chi connectivity index (χ0v) is 14.8. The number of nitrogens with zero attached hydrogens (tertiary/aromatic N) is 4. The highest BCUT2D eigenvalue weighted by molar-refractivity contribution is 5.85. The molecule has 0 bridgehead atoms. The Morgan fingerprint density at radius 3 is 2.72 bits per heavy atom. The largest absolute Gasteiger partial charge is 0.481 e. The smallest absolute Gasteiger partial charge is 0.325 e. The minimum atomic E-state index is -0.362. The summed E-state index contributed by atoms with van der Waals surface area (Å²) in [7, 11) is 2.93. The number of methoxy groups -OCH3 is 2. The zero-order chi connectivity index (χ0) is 18.0. The molecule has 0 aromatic carbocycles. The molecular formula is C17H21N5O3. The van der Waals surface area contributed by atoms with E-state index in [9.17, 15) is 4.79 Å². The third-order valence-corrected chi connectivity index (χ3v) is 3.93. The van der Waals surface area contributed by atoms with Crippen LogP contribution in [-0.4, -0.2) is 46.1 Å². The van der Waals surface area contributed by atoms with E-state index in [-0.39, 0.29) is 12.5 Å². The van der Waals surface area contributed by atoms with Gasteiger partial charge in [0.05, 0.1) is 19.9 Å². The molecular weight excluding hydrogens is 322 g/mol. The van der Waals surface area contributed by atoms with Gasteiger partial charge in [-0.2, -0.15) is 4.98 Å². The molecule has 8 nitrogen and oxygen atoms in total. The van der Waals surface area contributed by atoms with Gasteiger partial charge in [-0.1, -0.05) is 6.92 Å². The fraction of sp³-hybridized carbons (Fsp3) is 0.412. The summed E-state index contributed by atoms with van der Waals surface area (Å²) in [4.78, 5) is 25.3. The van der Waals surface area contributed by atoms with Crippen LogP contribution in [0.2, 0.25) is 0 Å². The number of hydrogen-bond donors (Lipinski definition) is 1. The first-order valence-corrected chi connectivity index (χ1v) is 8.12. The van der Waals surface area contributed by atoms with Crippen molar-refractivity contribution in [2.24, 2.45) is 0 Å². The van der Waals surface area contributed by atoms with E-state index in [4.69, 9.17) is 9.47 Å². The predicted octanol–water partition coefficient (Wildman–Crippen LogP) is 2.13. The summed E-state index contributed by atoms with van der Waals surface area (Å²) in [5.74, 6) is 1.64. The van der Waals surface area contributed by atoms with Crippen LogP contribution in [-0.2, 0) is 16.0 Å². The van der Waals surface area contributed by atoms with Crippen molar-refractivity contribution in [1.29, 1.82) is 0 Å². The maximum absolute atomic E-state index is 11.5. The molecule has 0 unspecified atom stereocenters. The van der Waals surface area contributed by atoms with Gasteiger partial charge in [-0.25, -0.2) is 9.97 Å². The van der Waals surface area contributed by atoms with Crippen LogP contribution in [0.1, 0.15) is 24.9 Å². The van der Waals surface area contributed by atoms with Gasteiger partial charge in [-0.15, -0.1) is 0 Å². The van der Waals surface area contributed by atoms with Crippen molar-refractivity contribution < 1.29 is 14.3 Å². The Morgan fingerprint density at radius 1 is 1.24 bits per heavy atom. The number of ether oxygens (including phenoxy) is 2. The van der Waals surface area contributed by atoms with Crippen molar-refractivity contribution >= 4 is 28.5 Å². The average Bonchev–Trinajstić information content (AvgIpc) is 2.96. The maximum Gasteiger partial charge on any atom is 0.325 e. The summed E-state index contributed by atoms with van der Waals surface area (Å²) in [6.45, 7) is 4.05. The third kappa shape index (κ3) is 3.07. The van der Waals surface area contributed by atoms with Gasteiger partial charge >= 0.3 is 5.97 Å². The minimum Gasteiger partial charge on any atom is -0.481 e. The third-order valence-electron chi connectivity index (χ3n) is 3.93. The second-order valence-electron chi connectivity index (χ2n) is 5.63. The lowest BCUT2D eigenvalue weighted by Crippen LogP contribution is -2.16. The Hall–Kier alpha value is -2.90. The molecule has 3 heterocycles. The number of carbonyl (C=O) groups excluding carboxylic acids is 1. The van der Waals surface area contributed by atoms with Gasteiger partial charge in [0, 0.05) is 12.5 Å². The fourth-order valence-corrected chi connectivity index (χ4v) is 2.80. The molecule has 3 rings (SSSR count). The van der Waals surface area contributed by atoms with Crippen LogP contribution in [0.15, 0.2) is 12.1 Å². The molecule has 0 saturated carbocycles. The number of rotatable bonds is 6. The monoisotopic (exact) mass is 343 g/mol. The first-order chi connectivity index (χ1) is 12.1. The molecule has 0 amide bonds. The number of hydrogen-bond acceptors (Lipinski definition) is 7. The highest BCUT2D eigenvalue weighted by atomic mass is 16.5. The van der Waals surface area contributed by atoms with Crippen LogP contribution in [0.5, 0.6) is 5.88 Å². The lowest BCUT2D eigenvalue weighted by molar-refractivity contribution is -0.138. The Morgan fingerprint density at radius 2 is 2.04 bits per heavy atom. The Balaban J connectivity index is 2.26. The Labute approximate surface area is 145 Å². The van der Waals surface area contributed by atoms with Crippen molar-refractivity contribution in [2.45, 2.75) is 26.7 Å². The summed E-state index contributed by atoms with van der Waals surface area (Å²) in [6, 6.07) is 3.60. The van der Waals surface area contributed by atoms with E-state index in [0.717, 1.165) is 29.9 Å². The van der Waals surface area contributed by atoms with Crippen LogP contribution >= 0.6 is 0 Å². The van der Waals surface area contributed by atoms with Crippen molar-refractivity contribution in [1.82, 2.24) is 19.4 Å². The molecule has 0 aliphatic rings. The van der Waals surface area contributed by atoms with Crippen molar-refractivity contribution in [3.05, 3.63) is 23.7 Å². The summed E-state index contributed by atoms with van der Waals surface area (Å²) >= 11 is 0. The number of carbonyl (C=O) groups is 1. The first kappa shape index (κ1) is 16.9. The Kier molecular flexibility index (Phi) is 4.69. The van der Waals surface area contributed by atoms with Crippen LogP contribution in [0.25, 0.3) is 16.7 Å². The number of esters is 1. The minimum absolute atomic E-state index is 0.0297. The number of anilines is 1. The van der Waals surface area contributed by atoms with E-state index in [1.54, 1.807) is 13.2 Å². The zero-order valence-electron chi connectivity index (χ0n) is 14.8. The molecule has 0 aliphatic heterocycles. The molecule has 132 valence electrons. The quantitative estimate of drug-likeness (QED) is 0.686. The lowest BCUT2D eigenvalue weighted by atomic mass is 10.3. The molecule has 1 N–H and O–H groups in total. The molecule has 0 atom stereocenters. The number of nitrogens with one attached hydrogen (secondary N) is 1. The Bertz CT molecular complexity index is 935. The van der Waals surface area contributed by atoms with Crippen molar-refractivity contribution in [3.63, 3.8) is 0 Å². The molecule has 0 fully saturated rings. The number of fused-ring (bicyclic) bond motifs is 3. The van der Waals surface area contributed by atoms with E-state index in [1.165, 1.54) is 7.11 Å². The SMILES string of the molecule is CCCc1nc(C)c2c(NCC(=O)OC)nc3ccc(OC)nc3n12. The second-order valence-corrected chi connectivity index (χ2v) is 5.63. The standard InChI is InChI=1S/C17H21N5O3/c1-5-6-12-19-10(2)15-16(18-9-14(23)25-4)20-11-7-8-13(24-3)21-17(11)22(12)15/h7-8H,5-6,9H2,1-4H3,(H,18,20). The number of pyridine rings is 1. The molecule has 0 aliphatic carbocycles. The van der Waals surface area contributed by atoms with Gasteiger partial charge in [-0.3, -0.25) is 9.20 Å². The molecule has 0 spiro atoms. The van der Waals surface area contributed by atoms with E-state index in [0.29, 0.717) is 22.9 Å². The molecule has 3 aromatic rings. The van der Waals surface area contributed by atoms with Crippen LogP contribution < -0.4 is 10.1 Å². The summed E-state index contributed by atoms with van der Waals surface area (Å²) < 4.78 is 11.9. The highest BCUT2D eigenvalue weighted by Crippen LogP contribution is 2.27. The molecule has 0 saturated heterocycles. The van der Waals surface area contributed by atoms with E-state index < -0.39 is 0 Å². The molecule has 3 aromatic heterocycles. The van der Waals surface area contributed by atoms with Crippen LogP contribution in [0.3, 0.4) is 0 Å². The van der Waals surface area contributed by atoms with Crippen LogP contribution in [0, 0.1) is 6.92 Å². The van der Waals surface area contributed by atoms with Gasteiger partial charge in [0.15, 0.2) is 11.5 Å². The highest BCUT2D eigenvalue weighted by Gasteiger charge is 2.18. The van der Waals surface area contributed by atoms with Gasteiger partial charge in [-0.05, 0) is 19.4 Å². The molecule has 8 heteroatoms. The van der Waals surface area contributed by atoms with Gasteiger partial charge in [0.2, 0.25) is 5.88 Å². The molecule has 25 heavy (non-hydrogen) atoms. The summed E-state index contributed by atoms with van der Waals surface area (Å²) in [6.07, 6.45) is 1.76. The van der Waals surface area contributed by atoms with Gasteiger partial charge in [0.1, 0.15) is 23.4 Å². The lowest BCUT2D eigenvalue weighted by Gasteiger charge is -2.11. The van der Waals surface area contributed by atoms with Crippen molar-refractivity contribution in [2.75, 3.05) is 26.1 Å². The fourth-order valence-electron chi connectivity index (χ4n) is 2.80. The van der Waals surface area contributed by atoms with E-state index in [2.05, 4.69) is 27.2 Å². The van der Waals surface area contributed by atoms with E-state index in [1.807, 2.05) is 17.4 Å². The normalized spacial score (nSPS) is 11.0.